The normalized spacial score (nSPS) is 16.3. The average Bonchev–Trinajstić information content (AvgIpc) is 3.24. The van der Waals surface area contributed by atoms with Crippen molar-refractivity contribution in [3.63, 3.8) is 0 Å². The molecule has 27 heavy (non-hydrogen) atoms. The summed E-state index contributed by atoms with van der Waals surface area (Å²) >= 11 is 0. The van der Waals surface area contributed by atoms with E-state index >= 15 is 0 Å². The number of nitrogens with zero attached hydrogens (tertiary/aromatic N) is 5. The molecule has 0 bridgehead atoms. The van der Waals surface area contributed by atoms with Gasteiger partial charge in [0.1, 0.15) is 5.75 Å². The van der Waals surface area contributed by atoms with Crippen molar-refractivity contribution in [1.29, 1.82) is 0 Å². The maximum absolute atomic E-state index is 5.95. The van der Waals surface area contributed by atoms with E-state index in [1.54, 1.807) is 19.5 Å². The number of aromatic nitrogens is 4. The molecule has 0 aliphatic carbocycles. The first-order valence-electron chi connectivity index (χ1n) is 9.09. The molecule has 0 radical (unpaired) electrons. The van der Waals surface area contributed by atoms with Crippen molar-refractivity contribution in [1.82, 2.24) is 20.2 Å². The van der Waals surface area contributed by atoms with Crippen LogP contribution in [0.15, 0.2) is 47.1 Å². The van der Waals surface area contributed by atoms with Gasteiger partial charge in [0, 0.05) is 18.0 Å². The van der Waals surface area contributed by atoms with Crippen LogP contribution in [0.2, 0.25) is 0 Å². The first kappa shape index (κ1) is 17.4. The predicted molar refractivity (Wildman–Crippen MR) is 99.6 cm³/mol. The molecule has 3 heterocycles. The highest BCUT2D eigenvalue weighted by molar-refractivity contribution is 5.53. The highest BCUT2D eigenvalue weighted by atomic mass is 16.5. The Kier molecular flexibility index (Phi) is 4.97. The van der Waals surface area contributed by atoms with E-state index in [-0.39, 0.29) is 6.04 Å². The third kappa shape index (κ3) is 3.75. The quantitative estimate of drug-likeness (QED) is 0.720. The van der Waals surface area contributed by atoms with Gasteiger partial charge in [0.25, 0.3) is 5.89 Å². The van der Waals surface area contributed by atoms with E-state index in [2.05, 4.69) is 32.0 Å². The number of piperazine rings is 1. The molecule has 1 aliphatic rings. The Hall–Kier alpha value is -3.00. The van der Waals surface area contributed by atoms with Crippen molar-refractivity contribution in [3.05, 3.63) is 48.6 Å². The smallest absolute Gasteiger partial charge is 0.274 e. The van der Waals surface area contributed by atoms with Gasteiger partial charge >= 0.3 is 0 Å². The molecular weight excluding hydrogens is 344 g/mol. The van der Waals surface area contributed by atoms with Crippen LogP contribution >= 0.6 is 0 Å². The van der Waals surface area contributed by atoms with Crippen molar-refractivity contribution in [2.45, 2.75) is 13.0 Å². The lowest BCUT2D eigenvalue weighted by Crippen LogP contribution is -3.14. The van der Waals surface area contributed by atoms with E-state index in [0.717, 1.165) is 43.4 Å². The minimum atomic E-state index is 0.142. The molecule has 0 spiro atoms. The van der Waals surface area contributed by atoms with Crippen LogP contribution in [0.5, 0.6) is 5.75 Å². The van der Waals surface area contributed by atoms with Crippen LogP contribution in [-0.2, 0) is 0 Å². The molecule has 3 aromatic rings. The maximum atomic E-state index is 5.95. The standard InChI is InChI=1S/C19H22N6O2/c1-14(24-10-12-25(13-11-24)19-20-8-3-9-21-19)17-22-23-18(27-17)15-4-6-16(26-2)7-5-15/h3-9,14H,10-13H2,1-2H3/p+1/t14-/m0/s1. The lowest BCUT2D eigenvalue weighted by molar-refractivity contribution is -0.931. The van der Waals surface area contributed by atoms with E-state index in [1.165, 1.54) is 4.90 Å². The zero-order valence-corrected chi connectivity index (χ0v) is 15.5. The Balaban J connectivity index is 1.40. The largest absolute Gasteiger partial charge is 0.497 e. The number of nitrogens with one attached hydrogen (secondary N) is 1. The van der Waals surface area contributed by atoms with Crippen molar-refractivity contribution in [2.75, 3.05) is 38.2 Å². The Labute approximate surface area is 157 Å². The van der Waals surface area contributed by atoms with E-state index in [9.17, 15) is 0 Å². The van der Waals surface area contributed by atoms with Crippen molar-refractivity contribution < 1.29 is 14.1 Å². The number of rotatable bonds is 5. The molecule has 1 aromatic carbocycles. The molecular formula is C19H23N6O2+. The fourth-order valence-electron chi connectivity index (χ4n) is 3.32. The van der Waals surface area contributed by atoms with E-state index in [1.807, 2.05) is 30.3 Å². The van der Waals surface area contributed by atoms with Crippen molar-refractivity contribution >= 4 is 5.95 Å². The molecule has 1 N–H and O–H groups in total. The predicted octanol–water partition coefficient (Wildman–Crippen LogP) is 1.00. The minimum absolute atomic E-state index is 0.142. The molecule has 1 aliphatic heterocycles. The van der Waals surface area contributed by atoms with Gasteiger partial charge in [-0.1, -0.05) is 0 Å². The molecule has 0 unspecified atom stereocenters. The second kappa shape index (κ2) is 7.71. The topological polar surface area (TPSA) is 81.6 Å². The van der Waals surface area contributed by atoms with Crippen LogP contribution in [0.3, 0.4) is 0 Å². The van der Waals surface area contributed by atoms with Gasteiger partial charge in [0.2, 0.25) is 11.8 Å². The summed E-state index contributed by atoms with van der Waals surface area (Å²) < 4.78 is 11.1. The Morgan fingerprint density at radius 2 is 1.78 bits per heavy atom. The summed E-state index contributed by atoms with van der Waals surface area (Å²) in [6, 6.07) is 9.60. The van der Waals surface area contributed by atoms with Crippen LogP contribution < -0.4 is 14.5 Å². The number of quaternary nitrogens is 1. The minimum Gasteiger partial charge on any atom is -0.497 e. The first-order valence-corrected chi connectivity index (χ1v) is 9.09. The Morgan fingerprint density at radius 1 is 1.07 bits per heavy atom. The summed E-state index contributed by atoms with van der Waals surface area (Å²) in [5.74, 6) is 2.80. The fraction of sp³-hybridized carbons (Fsp3) is 0.368. The molecule has 8 nitrogen and oxygen atoms in total. The van der Waals surface area contributed by atoms with E-state index in [0.29, 0.717) is 11.8 Å². The molecule has 4 rings (SSSR count). The summed E-state index contributed by atoms with van der Waals surface area (Å²) in [6.45, 7) is 5.89. The zero-order chi connectivity index (χ0) is 18.6. The molecule has 8 heteroatoms. The third-order valence-electron chi connectivity index (χ3n) is 5.00. The lowest BCUT2D eigenvalue weighted by Gasteiger charge is -2.34. The van der Waals surface area contributed by atoms with Crippen molar-refractivity contribution in [3.8, 4) is 17.2 Å². The Morgan fingerprint density at radius 3 is 2.44 bits per heavy atom. The van der Waals surface area contributed by atoms with Gasteiger partial charge in [-0.25, -0.2) is 9.97 Å². The molecule has 0 amide bonds. The fourth-order valence-corrected chi connectivity index (χ4v) is 3.32. The lowest BCUT2D eigenvalue weighted by atomic mass is 10.2. The number of hydrogen-bond acceptors (Lipinski definition) is 7. The molecule has 140 valence electrons. The van der Waals surface area contributed by atoms with Gasteiger partial charge in [0.15, 0.2) is 6.04 Å². The molecule has 1 atom stereocenters. The number of methoxy groups -OCH3 is 1. The van der Waals surface area contributed by atoms with Gasteiger partial charge in [-0.3, -0.25) is 0 Å². The van der Waals surface area contributed by atoms with Gasteiger partial charge in [-0.2, -0.15) is 0 Å². The summed E-state index contributed by atoms with van der Waals surface area (Å²) in [5.41, 5.74) is 0.891. The van der Waals surface area contributed by atoms with Gasteiger partial charge in [-0.05, 0) is 37.3 Å². The van der Waals surface area contributed by atoms with Crippen LogP contribution in [-0.4, -0.2) is 53.5 Å². The van der Waals surface area contributed by atoms with Crippen LogP contribution in [0.1, 0.15) is 18.9 Å². The number of ether oxygens (including phenoxy) is 1. The molecule has 1 fully saturated rings. The second-order valence-electron chi connectivity index (χ2n) is 6.59. The zero-order valence-electron chi connectivity index (χ0n) is 15.5. The number of benzene rings is 1. The molecule has 0 saturated carbocycles. The van der Waals surface area contributed by atoms with Crippen LogP contribution in [0, 0.1) is 0 Å². The van der Waals surface area contributed by atoms with Gasteiger partial charge < -0.3 is 19.0 Å². The SMILES string of the molecule is COc1ccc(-c2nnc([C@H](C)[NH+]3CCN(c4ncccn4)CC3)o2)cc1. The van der Waals surface area contributed by atoms with Crippen LogP contribution in [0.25, 0.3) is 11.5 Å². The van der Waals surface area contributed by atoms with E-state index < -0.39 is 0 Å². The highest BCUT2D eigenvalue weighted by Gasteiger charge is 2.30. The van der Waals surface area contributed by atoms with Crippen molar-refractivity contribution in [2.24, 2.45) is 0 Å². The third-order valence-corrected chi connectivity index (χ3v) is 5.00. The second-order valence-corrected chi connectivity index (χ2v) is 6.59. The first-order chi connectivity index (χ1) is 13.2. The average molecular weight is 367 g/mol. The summed E-state index contributed by atoms with van der Waals surface area (Å²) in [6.07, 6.45) is 3.56. The van der Waals surface area contributed by atoms with E-state index in [4.69, 9.17) is 9.15 Å². The summed E-state index contributed by atoms with van der Waals surface area (Å²) in [4.78, 5) is 12.3. The monoisotopic (exact) mass is 367 g/mol. The Bertz CT molecular complexity index is 859. The summed E-state index contributed by atoms with van der Waals surface area (Å²) in [5, 5.41) is 8.50. The molecule has 1 saturated heterocycles. The maximum Gasteiger partial charge on any atom is 0.274 e. The van der Waals surface area contributed by atoms with Gasteiger partial charge in [-0.15, -0.1) is 10.2 Å². The summed E-state index contributed by atoms with van der Waals surface area (Å²) in [7, 11) is 1.65. The van der Waals surface area contributed by atoms with Crippen LogP contribution in [0.4, 0.5) is 5.95 Å². The number of anilines is 1. The van der Waals surface area contributed by atoms with Gasteiger partial charge in [0.05, 0.1) is 33.3 Å². The molecule has 2 aromatic heterocycles. The highest BCUT2D eigenvalue weighted by Crippen LogP contribution is 2.22. The number of hydrogen-bond donors (Lipinski definition) is 1.